The first-order chi connectivity index (χ1) is 17.7. The summed E-state index contributed by atoms with van der Waals surface area (Å²) in [5, 5.41) is 13.4. The largest absolute Gasteiger partial charge is 0.480 e. The molecule has 192 valence electrons. The van der Waals surface area contributed by atoms with Gasteiger partial charge < -0.3 is 20.9 Å². The minimum absolute atomic E-state index is 0.0791. The molecule has 3 aliphatic rings. The van der Waals surface area contributed by atoms with Gasteiger partial charge in [-0.2, -0.15) is 0 Å². The molecule has 5 nitrogen and oxygen atoms in total. The van der Waals surface area contributed by atoms with Crippen LogP contribution in [0.15, 0.2) is 42.5 Å². The molecular formula is C29H27ClF2N2O3. The third kappa shape index (κ3) is 3.51. The first kappa shape index (κ1) is 24.3. The predicted molar refractivity (Wildman–Crippen MR) is 137 cm³/mol. The lowest BCUT2D eigenvalue weighted by Gasteiger charge is -2.39. The van der Waals surface area contributed by atoms with Crippen molar-refractivity contribution in [3.05, 3.63) is 86.9 Å². The Bertz CT molecular complexity index is 1420. The number of carbonyl (C=O) groups is 1. The molecule has 0 saturated carbocycles. The highest BCUT2D eigenvalue weighted by atomic mass is 35.5. The van der Waals surface area contributed by atoms with E-state index in [9.17, 15) is 9.90 Å². The zero-order chi connectivity index (χ0) is 26.1. The third-order valence-corrected chi connectivity index (χ3v) is 8.62. The molecule has 0 aromatic heterocycles. The number of nitrogens with two attached hydrogens (primary N) is 1. The van der Waals surface area contributed by atoms with Crippen LogP contribution in [0.4, 0.5) is 8.78 Å². The van der Waals surface area contributed by atoms with Crippen LogP contribution < -0.4 is 15.8 Å². The number of nitrogens with one attached hydrogen (secondary N) is 1. The van der Waals surface area contributed by atoms with E-state index in [4.69, 9.17) is 22.1 Å². The van der Waals surface area contributed by atoms with E-state index in [2.05, 4.69) is 5.32 Å². The van der Waals surface area contributed by atoms with Gasteiger partial charge in [-0.15, -0.1) is 0 Å². The van der Waals surface area contributed by atoms with Gasteiger partial charge >= 0.3 is 0 Å². The highest BCUT2D eigenvalue weighted by Gasteiger charge is 2.55. The summed E-state index contributed by atoms with van der Waals surface area (Å²) in [7, 11) is 0. The molecule has 37 heavy (non-hydrogen) atoms. The first-order valence-electron chi connectivity index (χ1n) is 12.6. The second kappa shape index (κ2) is 8.79. The first-order valence-corrected chi connectivity index (χ1v) is 12.9. The number of hydrogen-bond acceptors (Lipinski definition) is 4. The van der Waals surface area contributed by atoms with Crippen LogP contribution in [0, 0.1) is 11.6 Å². The Labute approximate surface area is 218 Å². The van der Waals surface area contributed by atoms with Crippen molar-refractivity contribution in [3.8, 4) is 16.9 Å². The number of aliphatic hydroxyl groups excluding tert-OH is 1. The number of rotatable bonds is 4. The second-order valence-electron chi connectivity index (χ2n) is 10.3. The number of halogens is 3. The molecule has 0 spiro atoms. The summed E-state index contributed by atoms with van der Waals surface area (Å²) in [6.07, 6.45) is 1.34. The minimum Gasteiger partial charge on any atom is -0.480 e. The Morgan fingerprint density at radius 3 is 2.62 bits per heavy atom. The van der Waals surface area contributed by atoms with Gasteiger partial charge in [0.2, 0.25) is 5.91 Å². The van der Waals surface area contributed by atoms with E-state index in [-0.39, 0.29) is 52.3 Å². The Morgan fingerprint density at radius 2 is 1.95 bits per heavy atom. The van der Waals surface area contributed by atoms with Gasteiger partial charge in [0, 0.05) is 35.1 Å². The number of primary amides is 1. The lowest BCUT2D eigenvalue weighted by Crippen LogP contribution is -2.50. The molecule has 3 aromatic carbocycles. The zero-order valence-corrected chi connectivity index (χ0v) is 21.0. The number of aliphatic hydroxyl groups is 1. The van der Waals surface area contributed by atoms with Gasteiger partial charge in [0.25, 0.3) is 0 Å². The number of benzene rings is 3. The molecule has 0 bridgehead atoms. The molecule has 0 unspecified atom stereocenters. The maximum absolute atomic E-state index is 16.2. The van der Waals surface area contributed by atoms with Gasteiger partial charge in [-0.1, -0.05) is 48.9 Å². The van der Waals surface area contributed by atoms with Crippen LogP contribution >= 0.6 is 11.6 Å². The maximum atomic E-state index is 16.2. The molecule has 2 aliphatic heterocycles. The van der Waals surface area contributed by atoms with Crippen molar-refractivity contribution in [1.82, 2.24) is 5.32 Å². The molecule has 0 radical (unpaired) electrons. The Hall–Kier alpha value is -3.00. The van der Waals surface area contributed by atoms with E-state index in [0.29, 0.717) is 16.7 Å². The average molecular weight is 525 g/mol. The number of amides is 1. The van der Waals surface area contributed by atoms with Crippen LogP contribution in [0.5, 0.6) is 5.75 Å². The van der Waals surface area contributed by atoms with Crippen LogP contribution in [-0.4, -0.2) is 29.7 Å². The number of ether oxygens (including phenoxy) is 1. The summed E-state index contributed by atoms with van der Waals surface area (Å²) in [6.45, 7) is 2.79. The molecule has 1 fully saturated rings. The van der Waals surface area contributed by atoms with Crippen molar-refractivity contribution in [2.75, 3.05) is 6.54 Å². The number of fused-ring (bicyclic) bond motifs is 2. The molecular weight excluding hydrogens is 498 g/mol. The summed E-state index contributed by atoms with van der Waals surface area (Å²) in [5.74, 6) is -2.46. The topological polar surface area (TPSA) is 84.6 Å². The molecule has 1 aliphatic carbocycles. The van der Waals surface area contributed by atoms with Crippen molar-refractivity contribution in [2.45, 2.75) is 56.3 Å². The molecule has 4 atom stereocenters. The van der Waals surface area contributed by atoms with E-state index in [1.165, 1.54) is 12.1 Å². The second-order valence-corrected chi connectivity index (χ2v) is 10.6. The molecule has 4 N–H and O–H groups in total. The predicted octanol–water partition coefficient (Wildman–Crippen LogP) is 4.99. The minimum atomic E-state index is -0.901. The molecule has 3 aromatic rings. The van der Waals surface area contributed by atoms with Gasteiger partial charge in [-0.3, -0.25) is 4.79 Å². The smallest absolute Gasteiger partial charge is 0.249 e. The van der Waals surface area contributed by atoms with Crippen molar-refractivity contribution < 1.29 is 23.4 Å². The molecule has 2 heterocycles. The van der Waals surface area contributed by atoms with Gasteiger partial charge in [0.1, 0.15) is 17.4 Å². The Balaban J connectivity index is 1.64. The zero-order valence-electron chi connectivity index (χ0n) is 20.3. The highest BCUT2D eigenvalue weighted by Crippen LogP contribution is 2.58. The molecule has 8 heteroatoms. The standard InChI is InChI=1S/C29H27ClF2N2O3/c1-14-23-21(37-29(14,22-8-5-9-34-22)16-6-3-2-4-7-16)13-20(31)26(30)25(23)24-19(28(33)36)11-15-10-17(35)12-18(15)27(24)32/h2-4,6-7,11,13-14,17,22,34-35H,5,8-10,12H2,1H3,(H2,33,36)/t14-,17-,22-,29-/m0/s1. The van der Waals surface area contributed by atoms with Gasteiger partial charge in [0.05, 0.1) is 22.7 Å². The summed E-state index contributed by atoms with van der Waals surface area (Å²) in [5.41, 5.74) is 6.91. The van der Waals surface area contributed by atoms with Crippen molar-refractivity contribution in [1.29, 1.82) is 0 Å². The fourth-order valence-electron chi connectivity index (χ4n) is 6.64. The quantitative estimate of drug-likeness (QED) is 0.449. The van der Waals surface area contributed by atoms with Crippen molar-refractivity contribution >= 4 is 17.5 Å². The van der Waals surface area contributed by atoms with E-state index in [0.717, 1.165) is 24.9 Å². The van der Waals surface area contributed by atoms with E-state index in [1.54, 1.807) is 0 Å². The SMILES string of the molecule is C[C@H]1c2c(cc(F)c(Cl)c2-c2c(C(N)=O)cc3c(c2F)C[C@@H](O)C3)O[C@@]1(c1ccccc1)[C@@H]1CCCN1. The summed E-state index contributed by atoms with van der Waals surface area (Å²) in [4.78, 5) is 12.6. The van der Waals surface area contributed by atoms with Gasteiger partial charge in [0.15, 0.2) is 5.60 Å². The number of hydrogen-bond donors (Lipinski definition) is 3. The Kier molecular flexibility index (Phi) is 5.78. The molecule has 1 amide bonds. The fraction of sp³-hybridized carbons (Fsp3) is 0.345. The van der Waals surface area contributed by atoms with Crippen LogP contribution in [0.1, 0.15) is 58.3 Å². The fourth-order valence-corrected chi connectivity index (χ4v) is 6.89. The maximum Gasteiger partial charge on any atom is 0.249 e. The van der Waals surface area contributed by atoms with E-state index >= 15 is 8.78 Å². The monoisotopic (exact) mass is 524 g/mol. The van der Waals surface area contributed by atoms with Crippen molar-refractivity contribution in [2.24, 2.45) is 5.73 Å². The lowest BCUT2D eigenvalue weighted by atomic mass is 9.73. The van der Waals surface area contributed by atoms with Crippen LogP contribution in [-0.2, 0) is 18.4 Å². The molecule has 1 saturated heterocycles. The highest BCUT2D eigenvalue weighted by molar-refractivity contribution is 6.34. The Morgan fingerprint density at radius 1 is 1.19 bits per heavy atom. The number of carbonyl (C=O) groups excluding carboxylic acids is 1. The van der Waals surface area contributed by atoms with Gasteiger partial charge in [-0.05, 0) is 48.6 Å². The normalized spacial score (nSPS) is 26.1. The third-order valence-electron chi connectivity index (χ3n) is 8.25. The van der Waals surface area contributed by atoms with Crippen molar-refractivity contribution in [3.63, 3.8) is 0 Å². The van der Waals surface area contributed by atoms with E-state index < -0.39 is 29.2 Å². The summed E-state index contributed by atoms with van der Waals surface area (Å²) >= 11 is 6.59. The average Bonchev–Trinajstić information content (AvgIpc) is 3.60. The van der Waals surface area contributed by atoms with Crippen LogP contribution in [0.2, 0.25) is 5.02 Å². The van der Waals surface area contributed by atoms with Crippen LogP contribution in [0.25, 0.3) is 11.1 Å². The summed E-state index contributed by atoms with van der Waals surface area (Å²) < 4.78 is 38.3. The van der Waals surface area contributed by atoms with Gasteiger partial charge in [-0.25, -0.2) is 8.78 Å². The van der Waals surface area contributed by atoms with E-state index in [1.807, 2.05) is 37.3 Å². The summed E-state index contributed by atoms with van der Waals surface area (Å²) in [6, 6.07) is 12.4. The van der Waals surface area contributed by atoms with Crippen LogP contribution in [0.3, 0.4) is 0 Å². The lowest BCUT2D eigenvalue weighted by molar-refractivity contribution is 0.0333. The molecule has 6 rings (SSSR count).